The fraction of sp³-hybridized carbons (Fsp3) is 0.286. The lowest BCUT2D eigenvalue weighted by atomic mass is 10.0. The molecule has 6 heteroatoms. The molecule has 1 heterocycles. The average Bonchev–Trinajstić information content (AvgIpc) is 3.15. The largest absolute Gasteiger partial charge is 0.349 e. The SMILES string of the molecule is CC[C@H](NC(=O)CSc1n[nH]c(-c2ccc(C)cc2)n1)c1ccc(C)cc1. The zero-order valence-corrected chi connectivity index (χ0v) is 16.6. The molecule has 2 N–H and O–H groups in total. The number of hydrogen-bond acceptors (Lipinski definition) is 4. The lowest BCUT2D eigenvalue weighted by Crippen LogP contribution is -2.29. The van der Waals surface area contributed by atoms with Gasteiger partial charge < -0.3 is 5.32 Å². The molecule has 3 rings (SSSR count). The van der Waals surface area contributed by atoms with Crippen molar-refractivity contribution in [2.24, 2.45) is 0 Å². The van der Waals surface area contributed by atoms with Crippen molar-refractivity contribution in [2.75, 3.05) is 5.75 Å². The topological polar surface area (TPSA) is 70.7 Å². The molecular weight excluding hydrogens is 356 g/mol. The lowest BCUT2D eigenvalue weighted by molar-refractivity contribution is -0.119. The van der Waals surface area contributed by atoms with Crippen molar-refractivity contribution >= 4 is 17.7 Å². The predicted octanol–water partition coefficient (Wildman–Crippen LogP) is 4.45. The molecular formula is C21H24N4OS. The van der Waals surface area contributed by atoms with Gasteiger partial charge in [0, 0.05) is 5.56 Å². The number of aromatic nitrogens is 3. The third-order valence-electron chi connectivity index (χ3n) is 4.35. The maximum Gasteiger partial charge on any atom is 0.230 e. The van der Waals surface area contributed by atoms with Gasteiger partial charge in [-0.05, 0) is 25.8 Å². The van der Waals surface area contributed by atoms with Crippen molar-refractivity contribution in [3.8, 4) is 11.4 Å². The zero-order chi connectivity index (χ0) is 19.2. The maximum atomic E-state index is 12.3. The molecule has 0 aliphatic carbocycles. The Balaban J connectivity index is 1.55. The summed E-state index contributed by atoms with van der Waals surface area (Å²) < 4.78 is 0. The van der Waals surface area contributed by atoms with Crippen LogP contribution in [0, 0.1) is 13.8 Å². The quantitative estimate of drug-likeness (QED) is 0.594. The smallest absolute Gasteiger partial charge is 0.230 e. The monoisotopic (exact) mass is 380 g/mol. The van der Waals surface area contributed by atoms with Crippen molar-refractivity contribution < 1.29 is 4.79 Å². The molecule has 0 spiro atoms. The highest BCUT2D eigenvalue weighted by Gasteiger charge is 2.14. The highest BCUT2D eigenvalue weighted by Crippen LogP contribution is 2.21. The molecule has 0 saturated heterocycles. The second-order valence-electron chi connectivity index (χ2n) is 6.56. The average molecular weight is 381 g/mol. The minimum absolute atomic E-state index is 0.0193. The Morgan fingerprint density at radius 1 is 1.07 bits per heavy atom. The van der Waals surface area contributed by atoms with Gasteiger partial charge in [-0.3, -0.25) is 9.89 Å². The summed E-state index contributed by atoms with van der Waals surface area (Å²) in [4.78, 5) is 16.8. The number of nitrogens with zero attached hydrogens (tertiary/aromatic N) is 2. The van der Waals surface area contributed by atoms with E-state index in [-0.39, 0.29) is 17.7 Å². The molecule has 0 saturated carbocycles. The number of carbonyl (C=O) groups is 1. The molecule has 0 aliphatic rings. The van der Waals surface area contributed by atoms with E-state index in [9.17, 15) is 4.79 Å². The van der Waals surface area contributed by atoms with E-state index in [1.54, 1.807) is 0 Å². The number of rotatable bonds is 7. The van der Waals surface area contributed by atoms with Crippen LogP contribution in [0.1, 0.15) is 36.1 Å². The van der Waals surface area contributed by atoms with Crippen molar-refractivity contribution in [1.82, 2.24) is 20.5 Å². The first kappa shape index (κ1) is 19.2. The summed E-state index contributed by atoms with van der Waals surface area (Å²) in [7, 11) is 0. The highest BCUT2D eigenvalue weighted by molar-refractivity contribution is 7.99. The summed E-state index contributed by atoms with van der Waals surface area (Å²) in [5.74, 6) is 0.978. The van der Waals surface area contributed by atoms with Crippen LogP contribution in [0.5, 0.6) is 0 Å². The molecule has 1 amide bonds. The Morgan fingerprint density at radius 2 is 1.70 bits per heavy atom. The summed E-state index contributed by atoms with van der Waals surface area (Å²) in [6.07, 6.45) is 0.845. The van der Waals surface area contributed by atoms with Crippen molar-refractivity contribution in [3.05, 3.63) is 65.2 Å². The molecule has 0 unspecified atom stereocenters. The van der Waals surface area contributed by atoms with Crippen LogP contribution in [0.15, 0.2) is 53.7 Å². The van der Waals surface area contributed by atoms with Crippen molar-refractivity contribution in [2.45, 2.75) is 38.4 Å². The van der Waals surface area contributed by atoms with Crippen LogP contribution in [0.25, 0.3) is 11.4 Å². The number of H-pyrrole nitrogens is 1. The second kappa shape index (κ2) is 8.86. The first-order chi connectivity index (χ1) is 13.0. The minimum Gasteiger partial charge on any atom is -0.349 e. The van der Waals surface area contributed by atoms with Gasteiger partial charge in [-0.15, -0.1) is 5.10 Å². The number of nitrogens with one attached hydrogen (secondary N) is 2. The number of carbonyl (C=O) groups excluding carboxylic acids is 1. The molecule has 1 aromatic heterocycles. The number of thioether (sulfide) groups is 1. The lowest BCUT2D eigenvalue weighted by Gasteiger charge is -2.17. The second-order valence-corrected chi connectivity index (χ2v) is 7.50. The van der Waals surface area contributed by atoms with E-state index >= 15 is 0 Å². The Labute approximate surface area is 164 Å². The molecule has 0 fully saturated rings. The fourth-order valence-corrected chi connectivity index (χ4v) is 3.35. The van der Waals surface area contributed by atoms with Crippen LogP contribution in [-0.2, 0) is 4.79 Å². The maximum absolute atomic E-state index is 12.3. The number of aryl methyl sites for hydroxylation is 2. The summed E-state index contributed by atoms with van der Waals surface area (Å²) in [5, 5.41) is 10.8. The summed E-state index contributed by atoms with van der Waals surface area (Å²) in [6, 6.07) is 16.4. The Morgan fingerprint density at radius 3 is 2.33 bits per heavy atom. The van der Waals surface area contributed by atoms with E-state index in [4.69, 9.17) is 0 Å². The molecule has 140 valence electrons. The number of aromatic amines is 1. The Bertz CT molecular complexity index is 887. The number of benzene rings is 2. The third-order valence-corrected chi connectivity index (χ3v) is 5.19. The van der Waals surface area contributed by atoms with Crippen LogP contribution in [0.4, 0.5) is 0 Å². The molecule has 2 aromatic carbocycles. The van der Waals surface area contributed by atoms with Gasteiger partial charge in [0.2, 0.25) is 11.1 Å². The standard InChI is InChI=1S/C21H24N4OS/c1-4-18(16-9-5-14(2)6-10-16)22-19(26)13-27-21-23-20(24-25-21)17-11-7-15(3)8-12-17/h5-12,18H,4,13H2,1-3H3,(H,22,26)(H,23,24,25)/t18-/m0/s1. The van der Waals surface area contributed by atoms with Gasteiger partial charge in [0.25, 0.3) is 0 Å². The van der Waals surface area contributed by atoms with E-state index in [0.717, 1.165) is 17.5 Å². The molecule has 5 nitrogen and oxygen atoms in total. The first-order valence-electron chi connectivity index (χ1n) is 9.03. The highest BCUT2D eigenvalue weighted by atomic mass is 32.2. The molecule has 0 aliphatic heterocycles. The molecule has 0 bridgehead atoms. The van der Waals surface area contributed by atoms with E-state index in [0.29, 0.717) is 11.0 Å². The van der Waals surface area contributed by atoms with E-state index in [1.807, 2.05) is 31.2 Å². The number of amides is 1. The molecule has 27 heavy (non-hydrogen) atoms. The van der Waals surface area contributed by atoms with Crippen molar-refractivity contribution in [1.29, 1.82) is 0 Å². The van der Waals surface area contributed by atoms with Gasteiger partial charge in [0.1, 0.15) is 0 Å². The van der Waals surface area contributed by atoms with Gasteiger partial charge in [-0.2, -0.15) is 0 Å². The number of hydrogen-bond donors (Lipinski definition) is 2. The van der Waals surface area contributed by atoms with Gasteiger partial charge >= 0.3 is 0 Å². The Hall–Kier alpha value is -2.60. The van der Waals surface area contributed by atoms with E-state index in [1.165, 1.54) is 22.9 Å². The summed E-state index contributed by atoms with van der Waals surface area (Å²) in [6.45, 7) is 6.17. The van der Waals surface area contributed by atoms with E-state index < -0.39 is 0 Å². The van der Waals surface area contributed by atoms with Gasteiger partial charge in [-0.25, -0.2) is 4.98 Å². The van der Waals surface area contributed by atoms with Crippen LogP contribution in [-0.4, -0.2) is 26.8 Å². The first-order valence-corrected chi connectivity index (χ1v) is 10.0. The normalized spacial score (nSPS) is 12.0. The van der Waals surface area contributed by atoms with Crippen LogP contribution >= 0.6 is 11.8 Å². The van der Waals surface area contributed by atoms with Gasteiger partial charge in [0.15, 0.2) is 5.82 Å². The third kappa shape index (κ3) is 5.20. The van der Waals surface area contributed by atoms with E-state index in [2.05, 4.69) is 58.6 Å². The minimum atomic E-state index is -0.0193. The predicted molar refractivity (Wildman–Crippen MR) is 110 cm³/mol. The van der Waals surface area contributed by atoms with Crippen LogP contribution < -0.4 is 5.32 Å². The van der Waals surface area contributed by atoms with Crippen molar-refractivity contribution in [3.63, 3.8) is 0 Å². The molecule has 1 atom stereocenters. The molecule has 3 aromatic rings. The zero-order valence-electron chi connectivity index (χ0n) is 15.8. The molecule has 0 radical (unpaired) electrons. The van der Waals surface area contributed by atoms with Gasteiger partial charge in [-0.1, -0.05) is 78.3 Å². The fourth-order valence-electron chi connectivity index (χ4n) is 2.74. The van der Waals surface area contributed by atoms with Crippen LogP contribution in [0.3, 0.4) is 0 Å². The summed E-state index contributed by atoms with van der Waals surface area (Å²) in [5.41, 5.74) is 4.52. The van der Waals surface area contributed by atoms with Gasteiger partial charge in [0.05, 0.1) is 11.8 Å². The van der Waals surface area contributed by atoms with Crippen LogP contribution in [0.2, 0.25) is 0 Å². The summed E-state index contributed by atoms with van der Waals surface area (Å²) >= 11 is 1.33. The Kier molecular flexibility index (Phi) is 6.29.